The number of ether oxygens (including phenoxy) is 1. The third-order valence-corrected chi connectivity index (χ3v) is 3.71. The van der Waals surface area contributed by atoms with Gasteiger partial charge in [-0.1, -0.05) is 6.07 Å². The monoisotopic (exact) mass is 355 g/mol. The molecule has 0 radical (unpaired) electrons. The maximum Gasteiger partial charge on any atom is 0.328 e. The lowest BCUT2D eigenvalue weighted by Crippen LogP contribution is -2.15. The number of anilines is 1. The van der Waals surface area contributed by atoms with Gasteiger partial charge in [-0.3, -0.25) is 9.48 Å². The molecule has 0 amide bonds. The van der Waals surface area contributed by atoms with E-state index in [1.54, 1.807) is 26.0 Å². The highest BCUT2D eigenvalue weighted by Gasteiger charge is 2.12. The van der Waals surface area contributed by atoms with Gasteiger partial charge in [-0.2, -0.15) is 5.10 Å². The van der Waals surface area contributed by atoms with E-state index in [-0.39, 0.29) is 19.0 Å². The normalized spacial score (nSPS) is 10.7. The maximum absolute atomic E-state index is 13.1. The van der Waals surface area contributed by atoms with Crippen molar-refractivity contribution in [1.82, 2.24) is 9.78 Å². The summed E-state index contributed by atoms with van der Waals surface area (Å²) in [5.41, 5.74) is 8.48. The molecule has 2 aromatic rings. The van der Waals surface area contributed by atoms with E-state index in [2.05, 4.69) is 21.0 Å². The first-order valence-electron chi connectivity index (χ1n) is 6.27. The molecule has 5 nitrogen and oxygen atoms in total. The van der Waals surface area contributed by atoms with Gasteiger partial charge in [0.15, 0.2) is 0 Å². The van der Waals surface area contributed by atoms with Crippen LogP contribution in [0.2, 0.25) is 0 Å². The zero-order valence-electron chi connectivity index (χ0n) is 11.7. The van der Waals surface area contributed by atoms with E-state index >= 15 is 0 Å². The van der Waals surface area contributed by atoms with E-state index in [0.29, 0.717) is 21.4 Å². The summed E-state index contributed by atoms with van der Waals surface area (Å²) in [7, 11) is 0. The number of aryl methyl sites for hydroxylation is 1. The van der Waals surface area contributed by atoms with Crippen molar-refractivity contribution in [2.45, 2.75) is 27.0 Å². The third kappa shape index (κ3) is 3.60. The van der Waals surface area contributed by atoms with Crippen LogP contribution >= 0.6 is 15.9 Å². The molecule has 0 aliphatic heterocycles. The van der Waals surface area contributed by atoms with E-state index in [4.69, 9.17) is 10.5 Å². The number of hydrogen-bond donors (Lipinski definition) is 1. The molecule has 112 valence electrons. The maximum atomic E-state index is 13.1. The Morgan fingerprint density at radius 3 is 2.76 bits per heavy atom. The zero-order chi connectivity index (χ0) is 15.6. The Morgan fingerprint density at radius 2 is 2.19 bits per heavy atom. The molecule has 1 aromatic heterocycles. The second kappa shape index (κ2) is 6.26. The van der Waals surface area contributed by atoms with Crippen LogP contribution in [0.3, 0.4) is 0 Å². The lowest BCUT2D eigenvalue weighted by Gasteiger charge is -2.07. The zero-order valence-corrected chi connectivity index (χ0v) is 13.3. The fraction of sp³-hybridized carbons (Fsp3) is 0.286. The fourth-order valence-electron chi connectivity index (χ4n) is 1.83. The predicted molar refractivity (Wildman–Crippen MR) is 80.0 cm³/mol. The predicted octanol–water partition coefficient (Wildman–Crippen LogP) is 2.73. The molecule has 0 bridgehead atoms. The molecule has 2 rings (SSSR count). The molecular formula is C14H15BrFN3O2. The number of carbonyl (C=O) groups excluding carboxylic acids is 1. The van der Waals surface area contributed by atoms with Crippen LogP contribution in [0.25, 0.3) is 0 Å². The van der Waals surface area contributed by atoms with Gasteiger partial charge in [0.1, 0.15) is 19.0 Å². The molecule has 2 N–H and O–H groups in total. The Morgan fingerprint density at radius 1 is 1.48 bits per heavy atom. The smallest absolute Gasteiger partial charge is 0.328 e. The van der Waals surface area contributed by atoms with Crippen LogP contribution in [-0.2, 0) is 22.7 Å². The minimum atomic E-state index is -0.430. The van der Waals surface area contributed by atoms with Crippen LogP contribution in [0, 0.1) is 19.7 Å². The first kappa shape index (κ1) is 15.5. The van der Waals surface area contributed by atoms with Gasteiger partial charge in [-0.25, -0.2) is 4.39 Å². The Labute approximate surface area is 130 Å². The second-order valence-corrected chi connectivity index (χ2v) is 5.51. The van der Waals surface area contributed by atoms with Gasteiger partial charge in [-0.15, -0.1) is 0 Å². The highest BCUT2D eigenvalue weighted by atomic mass is 79.9. The highest BCUT2D eigenvalue weighted by molar-refractivity contribution is 9.10. The molecule has 0 saturated heterocycles. The standard InChI is InChI=1S/C14H15BrFN3O2/c1-8-14(17)9(2)19(18-8)6-13(20)21-7-10-3-4-12(16)11(15)5-10/h3-5H,6-7,17H2,1-2H3. The number of nitrogen functional groups attached to an aromatic ring is 1. The fourth-order valence-corrected chi connectivity index (χ4v) is 2.25. The first-order valence-corrected chi connectivity index (χ1v) is 7.07. The highest BCUT2D eigenvalue weighted by Crippen LogP contribution is 2.18. The number of hydrogen-bond acceptors (Lipinski definition) is 4. The molecule has 0 spiro atoms. The minimum absolute atomic E-state index is 0.00770. The molecular weight excluding hydrogens is 341 g/mol. The average Bonchev–Trinajstić information content (AvgIpc) is 2.68. The molecule has 0 fully saturated rings. The van der Waals surface area contributed by atoms with Gasteiger partial charge in [0.05, 0.1) is 21.5 Å². The summed E-state index contributed by atoms with van der Waals surface area (Å²) in [6, 6.07) is 4.45. The Kier molecular flexibility index (Phi) is 4.62. The topological polar surface area (TPSA) is 70.1 Å². The van der Waals surface area contributed by atoms with Gasteiger partial charge < -0.3 is 10.5 Å². The van der Waals surface area contributed by atoms with Crippen LogP contribution < -0.4 is 5.73 Å². The number of nitrogens with two attached hydrogens (primary N) is 1. The number of carbonyl (C=O) groups is 1. The summed E-state index contributed by atoms with van der Waals surface area (Å²) in [5, 5.41) is 4.16. The minimum Gasteiger partial charge on any atom is -0.459 e. The largest absolute Gasteiger partial charge is 0.459 e. The molecule has 0 aliphatic rings. The summed E-state index contributed by atoms with van der Waals surface area (Å²) in [5.74, 6) is -0.788. The summed E-state index contributed by atoms with van der Waals surface area (Å²) in [6.07, 6.45) is 0. The van der Waals surface area contributed by atoms with Crippen molar-refractivity contribution in [1.29, 1.82) is 0 Å². The van der Waals surface area contributed by atoms with Crippen LogP contribution in [-0.4, -0.2) is 15.7 Å². The van der Waals surface area contributed by atoms with Crippen molar-refractivity contribution < 1.29 is 13.9 Å². The Balaban J connectivity index is 1.95. The number of esters is 1. The van der Waals surface area contributed by atoms with Crippen LogP contribution in [0.15, 0.2) is 22.7 Å². The van der Waals surface area contributed by atoms with Crippen molar-refractivity contribution in [2.75, 3.05) is 5.73 Å². The van der Waals surface area contributed by atoms with Crippen LogP contribution in [0.4, 0.5) is 10.1 Å². The van der Waals surface area contributed by atoms with Crippen molar-refractivity contribution in [3.05, 3.63) is 45.4 Å². The van der Waals surface area contributed by atoms with Crippen LogP contribution in [0.1, 0.15) is 17.0 Å². The summed E-state index contributed by atoms with van der Waals surface area (Å²) < 4.78 is 20.1. The SMILES string of the molecule is Cc1nn(CC(=O)OCc2ccc(F)c(Br)c2)c(C)c1N. The quantitative estimate of drug-likeness (QED) is 0.856. The molecule has 0 unspecified atom stereocenters. The summed E-state index contributed by atoms with van der Waals surface area (Å²) in [6.45, 7) is 3.64. The molecule has 1 aromatic carbocycles. The second-order valence-electron chi connectivity index (χ2n) is 4.65. The van der Waals surface area contributed by atoms with E-state index < -0.39 is 5.97 Å². The molecule has 1 heterocycles. The van der Waals surface area contributed by atoms with E-state index in [0.717, 1.165) is 5.69 Å². The van der Waals surface area contributed by atoms with Crippen molar-refractivity contribution >= 4 is 27.6 Å². The number of benzene rings is 1. The summed E-state index contributed by atoms with van der Waals surface area (Å²) in [4.78, 5) is 11.8. The molecule has 0 aliphatic carbocycles. The van der Waals surface area contributed by atoms with E-state index in [1.807, 2.05) is 0 Å². The van der Waals surface area contributed by atoms with E-state index in [1.165, 1.54) is 10.7 Å². The molecule has 21 heavy (non-hydrogen) atoms. The number of halogens is 2. The molecule has 0 atom stereocenters. The summed E-state index contributed by atoms with van der Waals surface area (Å²) >= 11 is 3.08. The molecule has 7 heteroatoms. The average molecular weight is 356 g/mol. The van der Waals surface area contributed by atoms with Crippen molar-refractivity contribution in [3.8, 4) is 0 Å². The first-order chi connectivity index (χ1) is 9.88. The molecule has 0 saturated carbocycles. The van der Waals surface area contributed by atoms with Gasteiger partial charge >= 0.3 is 5.97 Å². The Hall–Kier alpha value is -1.89. The van der Waals surface area contributed by atoms with Gasteiger partial charge in [0, 0.05) is 0 Å². The van der Waals surface area contributed by atoms with Gasteiger partial charge in [0.2, 0.25) is 0 Å². The van der Waals surface area contributed by atoms with E-state index in [9.17, 15) is 9.18 Å². The third-order valence-electron chi connectivity index (χ3n) is 3.10. The van der Waals surface area contributed by atoms with Gasteiger partial charge in [-0.05, 0) is 47.5 Å². The number of nitrogens with zero attached hydrogens (tertiary/aromatic N) is 2. The lowest BCUT2D eigenvalue weighted by molar-refractivity contribution is -0.145. The van der Waals surface area contributed by atoms with Crippen molar-refractivity contribution in [2.24, 2.45) is 0 Å². The van der Waals surface area contributed by atoms with Crippen molar-refractivity contribution in [3.63, 3.8) is 0 Å². The lowest BCUT2D eigenvalue weighted by atomic mass is 10.2. The van der Waals surface area contributed by atoms with Gasteiger partial charge in [0.25, 0.3) is 0 Å². The number of rotatable bonds is 4. The Bertz CT molecular complexity index is 685. The number of aromatic nitrogens is 2. The van der Waals surface area contributed by atoms with Crippen LogP contribution in [0.5, 0.6) is 0 Å².